The van der Waals surface area contributed by atoms with E-state index in [1.54, 1.807) is 25.1 Å². The second kappa shape index (κ2) is 11.3. The van der Waals surface area contributed by atoms with Gasteiger partial charge in [-0.1, -0.05) is 36.3 Å². The fourth-order valence-corrected chi connectivity index (χ4v) is 4.46. The van der Waals surface area contributed by atoms with Gasteiger partial charge in [0, 0.05) is 12.5 Å². The number of nitrogens with zero attached hydrogens (tertiary/aromatic N) is 4. The molecule has 0 bridgehead atoms. The highest BCUT2D eigenvalue weighted by Crippen LogP contribution is 2.39. The van der Waals surface area contributed by atoms with Crippen molar-refractivity contribution in [3.05, 3.63) is 47.5 Å². The van der Waals surface area contributed by atoms with Gasteiger partial charge in [0.05, 0.1) is 19.5 Å². The number of aromatic nitrogens is 4. The number of hydrogen-bond donors (Lipinski definition) is 6. The molecule has 40 heavy (non-hydrogen) atoms. The van der Waals surface area contributed by atoms with Gasteiger partial charge in [0.25, 0.3) is 5.60 Å². The molecule has 0 radical (unpaired) electrons. The van der Waals surface area contributed by atoms with Gasteiger partial charge in [-0.25, -0.2) is 14.6 Å². The summed E-state index contributed by atoms with van der Waals surface area (Å²) >= 11 is 6.08. The number of aliphatic hydroxyl groups is 3. The van der Waals surface area contributed by atoms with Crippen LogP contribution in [0.1, 0.15) is 18.7 Å². The molecule has 0 unspecified atom stereocenters. The third kappa shape index (κ3) is 5.18. The zero-order valence-electron chi connectivity index (χ0n) is 21.0. The number of imidazole rings is 1. The summed E-state index contributed by atoms with van der Waals surface area (Å²) in [5.41, 5.74) is -4.54. The maximum atomic E-state index is 12.2. The standard InChI is InChI=1S/C25H26ClN5O9/c1-3-24(38)15(11-39-25(21(34)35,22(36)37)9-14-7-5-4-6-8-14)40-20(17(24)33)31-12-27-16-18(28-13(2)10-32)29-23(26)30-19(16)31/h1,4-8,12-13,15,17,20,32-33,38H,9-11H2,2H3,(H,34,35)(H,36,37)(H,28,29,30)/t13-,15-,17+,20-,24-/m1/s1. The summed E-state index contributed by atoms with van der Waals surface area (Å²) in [5.74, 6) is -1.33. The smallest absolute Gasteiger partial charge is 0.348 e. The minimum Gasteiger partial charge on any atom is -0.479 e. The van der Waals surface area contributed by atoms with Crippen molar-refractivity contribution >= 4 is 40.5 Å². The Morgan fingerprint density at radius 2 is 1.98 bits per heavy atom. The first kappa shape index (κ1) is 29.2. The van der Waals surface area contributed by atoms with E-state index in [4.69, 9.17) is 27.5 Å². The molecular weight excluding hydrogens is 550 g/mol. The number of ether oxygens (including phenoxy) is 2. The van der Waals surface area contributed by atoms with Crippen LogP contribution in [-0.4, -0.2) is 99.7 Å². The SMILES string of the molecule is C#C[C@@]1(O)[C@@H](COC(Cc2ccccc2)(C(=O)O)C(=O)O)O[C@@H](n2cnc3c(N[C@H](C)CO)nc(Cl)nc32)[C@@H]1O. The van der Waals surface area contributed by atoms with E-state index in [1.807, 2.05) is 0 Å². The predicted molar refractivity (Wildman–Crippen MR) is 138 cm³/mol. The highest BCUT2D eigenvalue weighted by molar-refractivity contribution is 6.28. The minimum absolute atomic E-state index is 0.0760. The minimum atomic E-state index is -2.75. The summed E-state index contributed by atoms with van der Waals surface area (Å²) < 4.78 is 12.5. The van der Waals surface area contributed by atoms with Crippen LogP contribution in [0.4, 0.5) is 5.82 Å². The van der Waals surface area contributed by atoms with Crippen molar-refractivity contribution in [3.63, 3.8) is 0 Å². The number of aliphatic carboxylic acids is 2. The molecule has 5 atom stereocenters. The van der Waals surface area contributed by atoms with Gasteiger partial charge in [-0.3, -0.25) is 4.57 Å². The van der Waals surface area contributed by atoms with E-state index in [1.165, 1.54) is 23.0 Å². The number of halogens is 1. The molecule has 0 saturated carbocycles. The fourth-order valence-electron chi connectivity index (χ4n) is 4.29. The lowest BCUT2D eigenvalue weighted by molar-refractivity contribution is -0.191. The molecule has 14 nitrogen and oxygen atoms in total. The van der Waals surface area contributed by atoms with E-state index in [0.29, 0.717) is 5.56 Å². The number of anilines is 1. The zero-order valence-corrected chi connectivity index (χ0v) is 21.8. The average Bonchev–Trinajstić information content (AvgIpc) is 3.45. The number of rotatable bonds is 11. The molecule has 0 spiro atoms. The molecule has 15 heteroatoms. The second-order valence-electron chi connectivity index (χ2n) is 9.23. The highest BCUT2D eigenvalue weighted by Gasteiger charge is 2.58. The topological polar surface area (TPSA) is 209 Å². The van der Waals surface area contributed by atoms with Gasteiger partial charge in [0.15, 0.2) is 28.8 Å². The largest absolute Gasteiger partial charge is 0.479 e. The quantitative estimate of drug-likeness (QED) is 0.102. The van der Waals surface area contributed by atoms with Crippen LogP contribution in [0, 0.1) is 12.3 Å². The van der Waals surface area contributed by atoms with Crippen LogP contribution in [0.5, 0.6) is 0 Å². The number of benzene rings is 1. The Kier molecular flexibility index (Phi) is 8.26. The number of hydrogen-bond acceptors (Lipinski definition) is 11. The van der Waals surface area contributed by atoms with Gasteiger partial charge < -0.3 is 40.3 Å². The van der Waals surface area contributed by atoms with E-state index in [-0.39, 0.29) is 28.9 Å². The van der Waals surface area contributed by atoms with Gasteiger partial charge in [-0.2, -0.15) is 9.97 Å². The summed E-state index contributed by atoms with van der Waals surface area (Å²) in [6, 6.07) is 7.56. The van der Waals surface area contributed by atoms with Crippen LogP contribution < -0.4 is 5.32 Å². The molecule has 1 fully saturated rings. The lowest BCUT2D eigenvalue weighted by Crippen LogP contribution is -2.55. The van der Waals surface area contributed by atoms with Crippen LogP contribution in [-0.2, 0) is 25.5 Å². The Balaban J connectivity index is 1.66. The Hall–Kier alpha value is -3.84. The molecule has 0 amide bonds. The first-order valence-electron chi connectivity index (χ1n) is 11.9. The Morgan fingerprint density at radius 3 is 2.58 bits per heavy atom. The van der Waals surface area contributed by atoms with Crippen molar-refractivity contribution in [3.8, 4) is 12.3 Å². The lowest BCUT2D eigenvalue weighted by atomic mass is 9.92. The molecule has 3 heterocycles. The van der Waals surface area contributed by atoms with Crippen LogP contribution in [0.2, 0.25) is 5.28 Å². The first-order valence-corrected chi connectivity index (χ1v) is 12.3. The summed E-state index contributed by atoms with van der Waals surface area (Å²) in [7, 11) is 0. The third-order valence-corrected chi connectivity index (χ3v) is 6.71. The second-order valence-corrected chi connectivity index (χ2v) is 9.57. The summed E-state index contributed by atoms with van der Waals surface area (Å²) in [4.78, 5) is 36.8. The van der Waals surface area contributed by atoms with E-state index in [2.05, 4.69) is 26.2 Å². The van der Waals surface area contributed by atoms with Crippen molar-refractivity contribution in [1.82, 2.24) is 19.5 Å². The third-order valence-electron chi connectivity index (χ3n) is 6.54. The Bertz CT molecular complexity index is 1430. The van der Waals surface area contributed by atoms with Crippen molar-refractivity contribution in [2.24, 2.45) is 0 Å². The Morgan fingerprint density at radius 1 is 1.30 bits per heavy atom. The van der Waals surface area contributed by atoms with Crippen molar-refractivity contribution < 1.29 is 44.6 Å². The maximum absolute atomic E-state index is 12.2. The van der Waals surface area contributed by atoms with Crippen molar-refractivity contribution in [2.45, 2.75) is 49.0 Å². The van der Waals surface area contributed by atoms with Crippen molar-refractivity contribution in [2.75, 3.05) is 18.5 Å². The van der Waals surface area contributed by atoms with Gasteiger partial charge in [0.2, 0.25) is 5.28 Å². The molecule has 4 rings (SSSR count). The molecule has 6 N–H and O–H groups in total. The first-order chi connectivity index (χ1) is 19.0. The van der Waals surface area contributed by atoms with Gasteiger partial charge in [0.1, 0.15) is 12.2 Å². The Labute approximate surface area is 232 Å². The number of aliphatic hydroxyl groups excluding tert-OH is 2. The van der Waals surface area contributed by atoms with E-state index in [9.17, 15) is 35.1 Å². The van der Waals surface area contributed by atoms with Crippen LogP contribution >= 0.6 is 11.6 Å². The normalized spacial score (nSPS) is 23.6. The zero-order chi connectivity index (χ0) is 29.2. The van der Waals surface area contributed by atoms with Crippen LogP contribution in [0.3, 0.4) is 0 Å². The van der Waals surface area contributed by atoms with E-state index >= 15 is 0 Å². The van der Waals surface area contributed by atoms with Gasteiger partial charge in [-0.15, -0.1) is 6.42 Å². The van der Waals surface area contributed by atoms with Crippen molar-refractivity contribution in [1.29, 1.82) is 0 Å². The molecule has 1 aliphatic heterocycles. The maximum Gasteiger partial charge on any atom is 0.348 e. The predicted octanol–water partition coefficient (Wildman–Crippen LogP) is 0.0623. The molecule has 3 aromatic rings. The molecule has 212 valence electrons. The number of terminal acetylenes is 1. The molecule has 1 aromatic carbocycles. The molecule has 2 aromatic heterocycles. The van der Waals surface area contributed by atoms with Crippen LogP contribution in [0.15, 0.2) is 36.7 Å². The average molecular weight is 576 g/mol. The highest BCUT2D eigenvalue weighted by atomic mass is 35.5. The molecular formula is C25H26ClN5O9. The fraction of sp³-hybridized carbons (Fsp3) is 0.400. The molecule has 1 aliphatic rings. The summed E-state index contributed by atoms with van der Waals surface area (Å²) in [5, 5.41) is 54.0. The number of carbonyl (C=O) groups is 2. The van der Waals surface area contributed by atoms with E-state index in [0.717, 1.165) is 0 Å². The van der Waals surface area contributed by atoms with E-state index < -0.39 is 60.6 Å². The summed E-state index contributed by atoms with van der Waals surface area (Å²) in [6.07, 6.45) is 1.41. The number of carboxylic acids is 2. The van der Waals surface area contributed by atoms with Gasteiger partial charge >= 0.3 is 11.9 Å². The molecule has 0 aliphatic carbocycles. The molecule has 1 saturated heterocycles. The lowest BCUT2D eigenvalue weighted by Gasteiger charge is -2.30. The number of nitrogens with one attached hydrogen (secondary N) is 1. The monoisotopic (exact) mass is 575 g/mol. The number of fused-ring (bicyclic) bond motifs is 1. The summed E-state index contributed by atoms with van der Waals surface area (Å²) in [6.45, 7) is 0.652. The van der Waals surface area contributed by atoms with Crippen LogP contribution in [0.25, 0.3) is 11.2 Å². The van der Waals surface area contributed by atoms with Gasteiger partial charge in [-0.05, 0) is 24.1 Å². The number of carboxylic acid groups (broad SMARTS) is 2.